The molecule has 3 aromatic carbocycles. The molecule has 0 radical (unpaired) electrons. The van der Waals surface area contributed by atoms with Crippen LogP contribution in [-0.2, 0) is 10.1 Å². The predicted octanol–water partition coefficient (Wildman–Crippen LogP) is 3.82. The van der Waals surface area contributed by atoms with Crippen molar-refractivity contribution >= 4 is 32.2 Å². The lowest BCUT2D eigenvalue weighted by Crippen LogP contribution is -2.90. The highest BCUT2D eigenvalue weighted by Gasteiger charge is 2.26. The van der Waals surface area contributed by atoms with E-state index in [0.29, 0.717) is 5.39 Å². The van der Waals surface area contributed by atoms with Crippen molar-refractivity contribution < 1.29 is 18.3 Å². The van der Waals surface area contributed by atoms with Gasteiger partial charge in [0.15, 0.2) is 0 Å². The van der Waals surface area contributed by atoms with E-state index in [0.717, 1.165) is 5.39 Å². The molecule has 1 aliphatic rings. The van der Waals surface area contributed by atoms with Crippen molar-refractivity contribution in [1.82, 2.24) is 0 Å². The number of hydrogen-bond donors (Lipinski definition) is 1. The van der Waals surface area contributed by atoms with Gasteiger partial charge in [0.2, 0.25) is 0 Å². The second-order valence-electron chi connectivity index (χ2n) is 7.31. The van der Waals surface area contributed by atoms with E-state index in [1.54, 1.807) is 36.4 Å². The molecule has 0 saturated carbocycles. The van der Waals surface area contributed by atoms with Crippen LogP contribution in [0.1, 0.15) is 26.3 Å². The molecule has 0 bridgehead atoms. The highest BCUT2D eigenvalue weighted by atomic mass is 32.2. The summed E-state index contributed by atoms with van der Waals surface area (Å²) in [4.78, 5) is -0.157. The SMILES string of the molecule is CC1=CC(C)(C)[NH2+]c2ccccc21.O=S(=O)([O-])c1cccc2ccccc12. The van der Waals surface area contributed by atoms with E-state index < -0.39 is 10.1 Å². The fraction of sp³-hybridized carbons (Fsp3) is 0.182. The van der Waals surface area contributed by atoms with Crippen molar-refractivity contribution in [2.45, 2.75) is 31.2 Å². The summed E-state index contributed by atoms with van der Waals surface area (Å²) in [6.07, 6.45) is 2.33. The fourth-order valence-electron chi connectivity index (χ4n) is 3.47. The lowest BCUT2D eigenvalue weighted by Gasteiger charge is -2.26. The Labute approximate surface area is 160 Å². The molecule has 3 aromatic rings. The minimum atomic E-state index is -4.38. The van der Waals surface area contributed by atoms with Gasteiger partial charge in [0.25, 0.3) is 0 Å². The number of quaternary nitrogens is 1. The molecule has 2 N–H and O–H groups in total. The number of nitrogens with two attached hydrogens (primary N) is 1. The summed E-state index contributed by atoms with van der Waals surface area (Å²) >= 11 is 0. The lowest BCUT2D eigenvalue weighted by molar-refractivity contribution is -0.634. The first kappa shape index (κ1) is 19.3. The zero-order chi connectivity index (χ0) is 19.7. The summed E-state index contributed by atoms with van der Waals surface area (Å²) in [6.45, 7) is 6.67. The third-order valence-corrected chi connectivity index (χ3v) is 5.42. The fourth-order valence-corrected chi connectivity index (χ4v) is 4.17. The maximum absolute atomic E-state index is 10.9. The Hall–Kier alpha value is -2.47. The van der Waals surface area contributed by atoms with Crippen LogP contribution in [0.15, 0.2) is 77.7 Å². The molecule has 0 saturated heterocycles. The van der Waals surface area contributed by atoms with Crippen LogP contribution >= 0.6 is 0 Å². The molecule has 0 amide bonds. The Morgan fingerprint density at radius 3 is 2.26 bits per heavy atom. The van der Waals surface area contributed by atoms with E-state index in [4.69, 9.17) is 0 Å². The summed E-state index contributed by atoms with van der Waals surface area (Å²) in [5.74, 6) is 0. The Balaban J connectivity index is 0.000000156. The predicted molar refractivity (Wildman–Crippen MR) is 108 cm³/mol. The molecule has 1 heterocycles. The van der Waals surface area contributed by atoms with E-state index in [1.807, 2.05) is 0 Å². The van der Waals surface area contributed by atoms with E-state index in [2.05, 4.69) is 56.4 Å². The molecule has 0 spiro atoms. The number of fused-ring (bicyclic) bond motifs is 2. The van der Waals surface area contributed by atoms with Gasteiger partial charge in [0.05, 0.1) is 4.90 Å². The van der Waals surface area contributed by atoms with Gasteiger partial charge in [-0.15, -0.1) is 0 Å². The van der Waals surface area contributed by atoms with E-state index in [9.17, 15) is 13.0 Å². The Morgan fingerprint density at radius 2 is 1.52 bits per heavy atom. The minimum Gasteiger partial charge on any atom is -0.744 e. The third-order valence-electron chi connectivity index (χ3n) is 4.52. The first-order valence-corrected chi connectivity index (χ1v) is 10.2. The minimum absolute atomic E-state index is 0.157. The third kappa shape index (κ3) is 4.45. The molecular weight excluding hydrogens is 358 g/mol. The van der Waals surface area contributed by atoms with Gasteiger partial charge in [-0.2, -0.15) is 0 Å². The largest absolute Gasteiger partial charge is 0.744 e. The zero-order valence-corrected chi connectivity index (χ0v) is 16.5. The van der Waals surface area contributed by atoms with Gasteiger partial charge in [-0.1, -0.05) is 48.5 Å². The molecule has 0 fully saturated rings. The highest BCUT2D eigenvalue weighted by Crippen LogP contribution is 2.26. The van der Waals surface area contributed by atoms with Crippen molar-refractivity contribution in [3.05, 3.63) is 78.4 Å². The van der Waals surface area contributed by atoms with Gasteiger partial charge < -0.3 is 9.87 Å². The van der Waals surface area contributed by atoms with Crippen LogP contribution in [0.3, 0.4) is 0 Å². The molecular formula is C22H23NO3S. The van der Waals surface area contributed by atoms with Gasteiger partial charge in [0, 0.05) is 5.56 Å². The van der Waals surface area contributed by atoms with Gasteiger partial charge in [-0.3, -0.25) is 0 Å². The van der Waals surface area contributed by atoms with Gasteiger partial charge in [-0.05, 0) is 61.4 Å². The Kier molecular flexibility index (Phi) is 5.20. The summed E-state index contributed by atoms with van der Waals surface area (Å²) in [5.41, 5.74) is 4.34. The number of allylic oxidation sites excluding steroid dienone is 1. The number of rotatable bonds is 1. The molecule has 0 aliphatic carbocycles. The number of benzene rings is 3. The molecule has 1 aliphatic heterocycles. The van der Waals surface area contributed by atoms with Crippen LogP contribution in [0.2, 0.25) is 0 Å². The monoisotopic (exact) mass is 381 g/mol. The van der Waals surface area contributed by atoms with Crippen molar-refractivity contribution in [2.24, 2.45) is 0 Å². The van der Waals surface area contributed by atoms with Crippen LogP contribution in [0, 0.1) is 0 Å². The van der Waals surface area contributed by atoms with Crippen LogP contribution in [0.25, 0.3) is 16.3 Å². The van der Waals surface area contributed by atoms with Crippen molar-refractivity contribution in [3.63, 3.8) is 0 Å². The standard InChI is InChI=1S/C12H15N.C10H8O3S/c1-9-8-12(2,3)13-11-7-5-4-6-10(9)11;11-14(12,13)10-7-3-5-8-4-1-2-6-9(8)10/h4-8,13H,1-3H3;1-7H,(H,11,12,13). The maximum Gasteiger partial charge on any atom is 0.137 e. The molecule has 5 heteroatoms. The lowest BCUT2D eigenvalue weighted by atomic mass is 9.91. The van der Waals surface area contributed by atoms with Gasteiger partial charge >= 0.3 is 0 Å². The van der Waals surface area contributed by atoms with Gasteiger partial charge in [0.1, 0.15) is 21.3 Å². The molecule has 0 unspecified atom stereocenters. The molecule has 27 heavy (non-hydrogen) atoms. The Bertz CT molecular complexity index is 1110. The number of para-hydroxylation sites is 1. The van der Waals surface area contributed by atoms with Crippen molar-refractivity contribution in [3.8, 4) is 0 Å². The van der Waals surface area contributed by atoms with E-state index in [1.165, 1.54) is 22.9 Å². The number of hydrogen-bond acceptors (Lipinski definition) is 3. The van der Waals surface area contributed by atoms with E-state index >= 15 is 0 Å². The zero-order valence-electron chi connectivity index (χ0n) is 15.6. The van der Waals surface area contributed by atoms with Crippen molar-refractivity contribution in [2.75, 3.05) is 0 Å². The second-order valence-corrected chi connectivity index (χ2v) is 8.66. The quantitative estimate of drug-likeness (QED) is 0.514. The topological polar surface area (TPSA) is 73.8 Å². The second kappa shape index (κ2) is 7.27. The molecule has 4 rings (SSSR count). The maximum atomic E-state index is 10.9. The van der Waals surface area contributed by atoms with Crippen molar-refractivity contribution in [1.29, 1.82) is 0 Å². The smallest absolute Gasteiger partial charge is 0.137 e. The average molecular weight is 381 g/mol. The van der Waals surface area contributed by atoms with Crippen LogP contribution < -0.4 is 5.32 Å². The summed E-state index contributed by atoms with van der Waals surface area (Å²) < 4.78 is 32.7. The average Bonchev–Trinajstić information content (AvgIpc) is 2.60. The molecule has 0 aromatic heterocycles. The van der Waals surface area contributed by atoms with Gasteiger partial charge in [-0.25, -0.2) is 8.42 Å². The normalized spacial score (nSPS) is 15.3. The van der Waals surface area contributed by atoms with Crippen LogP contribution in [0.5, 0.6) is 0 Å². The summed E-state index contributed by atoms with van der Waals surface area (Å²) in [6, 6.07) is 20.1. The summed E-state index contributed by atoms with van der Waals surface area (Å²) in [5, 5.41) is 3.56. The molecule has 4 nitrogen and oxygen atoms in total. The van der Waals surface area contributed by atoms with Crippen LogP contribution in [-0.4, -0.2) is 18.5 Å². The van der Waals surface area contributed by atoms with E-state index in [-0.39, 0.29) is 10.4 Å². The van der Waals surface area contributed by atoms with Crippen LogP contribution in [0.4, 0.5) is 5.69 Å². The highest BCUT2D eigenvalue weighted by molar-refractivity contribution is 7.86. The Morgan fingerprint density at radius 1 is 0.889 bits per heavy atom. The molecule has 140 valence electrons. The first-order chi connectivity index (χ1) is 12.7. The molecule has 0 atom stereocenters. The first-order valence-electron chi connectivity index (χ1n) is 8.76. The summed E-state index contributed by atoms with van der Waals surface area (Å²) in [7, 11) is -4.38.